The van der Waals surface area contributed by atoms with Crippen LogP contribution in [0.15, 0.2) is 12.4 Å². The van der Waals surface area contributed by atoms with E-state index in [2.05, 4.69) is 34.1 Å². The largest absolute Gasteiger partial charge is 0.273 e. The van der Waals surface area contributed by atoms with Gasteiger partial charge in [-0.15, -0.1) is 0 Å². The second-order valence-corrected chi connectivity index (χ2v) is 3.29. The van der Waals surface area contributed by atoms with Gasteiger partial charge in [0.05, 0.1) is 6.20 Å². The Bertz CT molecular complexity index is 208. The molecule has 0 N–H and O–H groups in total. The fourth-order valence-corrected chi connectivity index (χ4v) is 1.26. The lowest BCUT2D eigenvalue weighted by atomic mass is 10.2. The fourth-order valence-electron chi connectivity index (χ4n) is 0.979. The molecule has 0 radical (unpaired) electrons. The van der Waals surface area contributed by atoms with Crippen LogP contribution in [-0.2, 0) is 13.0 Å². The van der Waals surface area contributed by atoms with Gasteiger partial charge in [-0.25, -0.2) is 0 Å². The summed E-state index contributed by atoms with van der Waals surface area (Å²) in [6, 6.07) is 0. The molecule has 0 aliphatic heterocycles. The molecule has 0 spiro atoms. The van der Waals surface area contributed by atoms with Crippen molar-refractivity contribution < 1.29 is 0 Å². The number of aryl methyl sites for hydroxylation is 2. The maximum absolute atomic E-state index is 4.19. The van der Waals surface area contributed by atoms with Crippen molar-refractivity contribution in [3.05, 3.63) is 18.0 Å². The molecule has 0 saturated carbocycles. The summed E-state index contributed by atoms with van der Waals surface area (Å²) in [5.41, 5.74) is 1.34. The summed E-state index contributed by atoms with van der Waals surface area (Å²) in [5.74, 6) is 0. The van der Waals surface area contributed by atoms with Crippen molar-refractivity contribution in [2.75, 3.05) is 5.33 Å². The molecule has 0 amide bonds. The van der Waals surface area contributed by atoms with E-state index in [9.17, 15) is 0 Å². The van der Waals surface area contributed by atoms with Gasteiger partial charge in [-0.3, -0.25) is 4.68 Å². The van der Waals surface area contributed by atoms with E-state index in [0.29, 0.717) is 0 Å². The zero-order valence-corrected chi connectivity index (χ0v) is 8.34. The van der Waals surface area contributed by atoms with Crippen LogP contribution in [0.4, 0.5) is 0 Å². The van der Waals surface area contributed by atoms with E-state index in [0.717, 1.165) is 18.3 Å². The van der Waals surface area contributed by atoms with Crippen LogP contribution in [0.1, 0.15) is 18.9 Å². The lowest BCUT2D eigenvalue weighted by Gasteiger charge is -1.92. The first-order valence-electron chi connectivity index (χ1n) is 3.94. The molecule has 1 rings (SSSR count). The monoisotopic (exact) mass is 216 g/mol. The molecule has 11 heavy (non-hydrogen) atoms. The lowest BCUT2D eigenvalue weighted by molar-refractivity contribution is 0.659. The molecule has 0 aliphatic rings. The minimum absolute atomic E-state index is 0.967. The van der Waals surface area contributed by atoms with Gasteiger partial charge in [-0.05, 0) is 25.3 Å². The molecular weight excluding hydrogens is 204 g/mol. The Hall–Kier alpha value is -0.310. The molecule has 1 aromatic rings. The molecule has 1 heterocycles. The number of hydrogen-bond acceptors (Lipinski definition) is 1. The van der Waals surface area contributed by atoms with Crippen LogP contribution < -0.4 is 0 Å². The molecule has 2 nitrogen and oxygen atoms in total. The maximum Gasteiger partial charge on any atom is 0.0521 e. The summed E-state index contributed by atoms with van der Waals surface area (Å²) in [6.07, 6.45) is 6.38. The van der Waals surface area contributed by atoms with Crippen molar-refractivity contribution in [2.24, 2.45) is 0 Å². The highest BCUT2D eigenvalue weighted by Crippen LogP contribution is 2.02. The Balaban J connectivity index is 2.44. The third kappa shape index (κ3) is 2.66. The highest BCUT2D eigenvalue weighted by molar-refractivity contribution is 9.09. The predicted molar refractivity (Wildman–Crippen MR) is 50.0 cm³/mol. The van der Waals surface area contributed by atoms with E-state index in [1.54, 1.807) is 0 Å². The zero-order valence-electron chi connectivity index (χ0n) is 6.76. The molecule has 0 bridgehead atoms. The van der Waals surface area contributed by atoms with Gasteiger partial charge in [0.2, 0.25) is 0 Å². The Morgan fingerprint density at radius 1 is 1.64 bits per heavy atom. The molecule has 0 atom stereocenters. The van der Waals surface area contributed by atoms with Crippen molar-refractivity contribution in [3.8, 4) is 0 Å². The second kappa shape index (κ2) is 4.54. The van der Waals surface area contributed by atoms with Crippen LogP contribution in [0, 0.1) is 0 Å². The van der Waals surface area contributed by atoms with Gasteiger partial charge < -0.3 is 0 Å². The first-order valence-corrected chi connectivity index (χ1v) is 5.06. The Morgan fingerprint density at radius 3 is 3.00 bits per heavy atom. The molecule has 0 saturated heterocycles. The third-order valence-electron chi connectivity index (χ3n) is 1.61. The normalized spacial score (nSPS) is 10.4. The minimum atomic E-state index is 0.967. The average Bonchev–Trinajstić information content (AvgIpc) is 2.48. The Kier molecular flexibility index (Phi) is 3.63. The summed E-state index contributed by atoms with van der Waals surface area (Å²) in [7, 11) is 0. The summed E-state index contributed by atoms with van der Waals surface area (Å²) in [6.45, 7) is 3.07. The molecular formula is C8H13BrN2. The number of alkyl halides is 1. The van der Waals surface area contributed by atoms with Crippen molar-refractivity contribution >= 4 is 15.9 Å². The topological polar surface area (TPSA) is 17.8 Å². The zero-order chi connectivity index (χ0) is 8.10. The van der Waals surface area contributed by atoms with Crippen LogP contribution in [0.25, 0.3) is 0 Å². The molecule has 0 aliphatic carbocycles. The maximum atomic E-state index is 4.19. The van der Waals surface area contributed by atoms with E-state index < -0.39 is 0 Å². The first-order chi connectivity index (χ1) is 5.36. The number of hydrogen-bond donors (Lipinski definition) is 0. The smallest absolute Gasteiger partial charge is 0.0521 e. The van der Waals surface area contributed by atoms with Crippen molar-refractivity contribution in [3.63, 3.8) is 0 Å². The van der Waals surface area contributed by atoms with E-state index in [1.807, 2.05) is 10.9 Å². The highest BCUT2D eigenvalue weighted by atomic mass is 79.9. The molecule has 0 unspecified atom stereocenters. The number of aromatic nitrogens is 2. The number of nitrogens with zero attached hydrogens (tertiary/aromatic N) is 2. The SMILES string of the molecule is CCn1cc(CCCBr)cn1. The Labute approximate surface area is 75.7 Å². The van der Waals surface area contributed by atoms with E-state index in [1.165, 1.54) is 12.0 Å². The van der Waals surface area contributed by atoms with Crippen molar-refractivity contribution in [1.29, 1.82) is 0 Å². The van der Waals surface area contributed by atoms with Gasteiger partial charge in [-0.1, -0.05) is 15.9 Å². The number of halogens is 1. The van der Waals surface area contributed by atoms with Crippen molar-refractivity contribution in [2.45, 2.75) is 26.3 Å². The fraction of sp³-hybridized carbons (Fsp3) is 0.625. The molecule has 62 valence electrons. The van der Waals surface area contributed by atoms with Crippen LogP contribution >= 0.6 is 15.9 Å². The molecule has 3 heteroatoms. The van der Waals surface area contributed by atoms with Gasteiger partial charge >= 0.3 is 0 Å². The third-order valence-corrected chi connectivity index (χ3v) is 2.17. The van der Waals surface area contributed by atoms with E-state index in [4.69, 9.17) is 0 Å². The summed E-state index contributed by atoms with van der Waals surface area (Å²) in [5, 5.41) is 5.26. The predicted octanol–water partition coefficient (Wildman–Crippen LogP) is 2.23. The van der Waals surface area contributed by atoms with Crippen LogP contribution in [-0.4, -0.2) is 15.1 Å². The molecule has 0 fully saturated rings. The Morgan fingerprint density at radius 2 is 2.45 bits per heavy atom. The minimum Gasteiger partial charge on any atom is -0.273 e. The van der Waals surface area contributed by atoms with Crippen LogP contribution in [0.2, 0.25) is 0 Å². The quantitative estimate of drug-likeness (QED) is 0.707. The van der Waals surface area contributed by atoms with Crippen LogP contribution in [0.5, 0.6) is 0 Å². The van der Waals surface area contributed by atoms with Gasteiger partial charge in [0.25, 0.3) is 0 Å². The molecule has 1 aromatic heterocycles. The lowest BCUT2D eigenvalue weighted by Crippen LogP contribution is -1.92. The summed E-state index contributed by atoms with van der Waals surface area (Å²) in [4.78, 5) is 0. The standard InChI is InChI=1S/C8H13BrN2/c1-2-11-7-8(6-10-11)4-3-5-9/h6-7H,2-5H2,1H3. The van der Waals surface area contributed by atoms with Gasteiger partial charge in [0.15, 0.2) is 0 Å². The highest BCUT2D eigenvalue weighted by Gasteiger charge is 1.95. The van der Waals surface area contributed by atoms with Gasteiger partial charge in [0, 0.05) is 18.1 Å². The second-order valence-electron chi connectivity index (χ2n) is 2.50. The van der Waals surface area contributed by atoms with Gasteiger partial charge in [-0.2, -0.15) is 5.10 Å². The van der Waals surface area contributed by atoms with Crippen LogP contribution in [0.3, 0.4) is 0 Å². The first kappa shape index (κ1) is 8.78. The summed E-state index contributed by atoms with van der Waals surface area (Å²) >= 11 is 3.40. The average molecular weight is 217 g/mol. The van der Waals surface area contributed by atoms with Gasteiger partial charge in [0.1, 0.15) is 0 Å². The van der Waals surface area contributed by atoms with E-state index >= 15 is 0 Å². The number of rotatable bonds is 4. The van der Waals surface area contributed by atoms with Crippen molar-refractivity contribution in [1.82, 2.24) is 9.78 Å². The molecule has 0 aromatic carbocycles. The van der Waals surface area contributed by atoms with E-state index in [-0.39, 0.29) is 0 Å². The summed E-state index contributed by atoms with van der Waals surface area (Å²) < 4.78 is 1.96.